The Morgan fingerprint density at radius 1 is 1.20 bits per heavy atom. The minimum absolute atomic E-state index is 0.103. The van der Waals surface area contributed by atoms with E-state index in [0.717, 1.165) is 27.7 Å². The lowest BCUT2D eigenvalue weighted by Crippen LogP contribution is -2.22. The maximum Gasteiger partial charge on any atom is 0.253 e. The molecule has 1 amide bonds. The van der Waals surface area contributed by atoms with Gasteiger partial charge < -0.3 is 10.3 Å². The van der Waals surface area contributed by atoms with Gasteiger partial charge in [-0.25, -0.2) is 0 Å². The van der Waals surface area contributed by atoms with Gasteiger partial charge in [0.05, 0.1) is 17.5 Å². The zero-order valence-electron chi connectivity index (χ0n) is 13.7. The summed E-state index contributed by atoms with van der Waals surface area (Å²) in [5, 5.41) is 8.01. The lowest BCUT2D eigenvalue weighted by molar-refractivity contribution is 0.0952. The third-order valence-corrected chi connectivity index (χ3v) is 4.11. The summed E-state index contributed by atoms with van der Waals surface area (Å²) in [5.74, 6) is -0.103. The summed E-state index contributed by atoms with van der Waals surface area (Å²) >= 11 is 0. The number of rotatable bonds is 4. The molecule has 4 rings (SSSR count). The molecular weight excluding hydrogens is 314 g/mol. The largest absolute Gasteiger partial charge is 0.360 e. The molecule has 0 aliphatic heterocycles. The van der Waals surface area contributed by atoms with Crippen molar-refractivity contribution >= 4 is 16.8 Å². The molecule has 124 valence electrons. The molecular formula is C19H17N5O. The minimum Gasteiger partial charge on any atom is -0.360 e. The number of hydrogen-bond acceptors (Lipinski definition) is 3. The van der Waals surface area contributed by atoms with E-state index in [1.54, 1.807) is 23.3 Å². The number of para-hydroxylation sites is 1. The highest BCUT2D eigenvalue weighted by atomic mass is 16.1. The van der Waals surface area contributed by atoms with Gasteiger partial charge in [-0.3, -0.25) is 14.5 Å². The number of H-pyrrole nitrogens is 1. The Balaban J connectivity index is 1.45. The normalized spacial score (nSPS) is 10.9. The second-order valence-electron chi connectivity index (χ2n) is 5.88. The van der Waals surface area contributed by atoms with Crippen LogP contribution in [0.15, 0.2) is 61.2 Å². The van der Waals surface area contributed by atoms with Crippen molar-refractivity contribution in [1.82, 2.24) is 25.1 Å². The van der Waals surface area contributed by atoms with Gasteiger partial charge in [0.15, 0.2) is 0 Å². The van der Waals surface area contributed by atoms with Gasteiger partial charge in [0.1, 0.15) is 0 Å². The fraction of sp³-hybridized carbons (Fsp3) is 0.105. The van der Waals surface area contributed by atoms with Crippen LogP contribution in [0.5, 0.6) is 0 Å². The van der Waals surface area contributed by atoms with E-state index in [9.17, 15) is 4.79 Å². The first-order valence-corrected chi connectivity index (χ1v) is 7.99. The maximum atomic E-state index is 12.4. The smallest absolute Gasteiger partial charge is 0.253 e. The van der Waals surface area contributed by atoms with Crippen molar-refractivity contribution < 1.29 is 4.79 Å². The predicted molar refractivity (Wildman–Crippen MR) is 95.9 cm³/mol. The van der Waals surface area contributed by atoms with Crippen LogP contribution in [0.4, 0.5) is 0 Å². The summed E-state index contributed by atoms with van der Waals surface area (Å²) in [5.41, 5.74) is 4.38. The monoisotopic (exact) mass is 331 g/mol. The highest BCUT2D eigenvalue weighted by molar-refractivity contribution is 6.06. The average Bonchev–Trinajstić information content (AvgIpc) is 3.26. The standard InChI is InChI=1S/C19H17N5O/c1-24-12-14(10-23-24)17-7-6-13(8-20-17)9-22-19(25)16-11-21-18-5-3-2-4-15(16)18/h2-8,10-12,21H,9H2,1H3,(H,22,25). The van der Waals surface area contributed by atoms with Gasteiger partial charge >= 0.3 is 0 Å². The number of carbonyl (C=O) groups excluding carboxylic acids is 1. The first kappa shape index (κ1) is 15.1. The van der Waals surface area contributed by atoms with Crippen molar-refractivity contribution in [2.45, 2.75) is 6.54 Å². The molecule has 6 heteroatoms. The van der Waals surface area contributed by atoms with Crippen LogP contribution in [0.2, 0.25) is 0 Å². The molecule has 0 aliphatic carbocycles. The Morgan fingerprint density at radius 3 is 2.84 bits per heavy atom. The Kier molecular flexibility index (Phi) is 3.78. The molecule has 4 aromatic rings. The van der Waals surface area contributed by atoms with E-state index in [1.165, 1.54) is 0 Å². The summed E-state index contributed by atoms with van der Waals surface area (Å²) in [7, 11) is 1.87. The molecule has 0 unspecified atom stereocenters. The van der Waals surface area contributed by atoms with E-state index in [-0.39, 0.29) is 5.91 Å². The topological polar surface area (TPSA) is 75.6 Å². The van der Waals surface area contributed by atoms with Crippen LogP contribution >= 0.6 is 0 Å². The summed E-state index contributed by atoms with van der Waals surface area (Å²) in [6.45, 7) is 0.429. The number of hydrogen-bond donors (Lipinski definition) is 2. The van der Waals surface area contributed by atoms with Crippen molar-refractivity contribution in [2.24, 2.45) is 7.05 Å². The summed E-state index contributed by atoms with van der Waals surface area (Å²) < 4.78 is 1.74. The van der Waals surface area contributed by atoms with Gasteiger partial charge in [-0.15, -0.1) is 0 Å². The summed E-state index contributed by atoms with van der Waals surface area (Å²) in [6, 6.07) is 11.7. The lowest BCUT2D eigenvalue weighted by atomic mass is 10.1. The Hall–Kier alpha value is -3.41. The molecule has 0 saturated carbocycles. The minimum atomic E-state index is -0.103. The van der Waals surface area contributed by atoms with Crippen LogP contribution in [0, 0.1) is 0 Å². The molecule has 0 fully saturated rings. The van der Waals surface area contributed by atoms with E-state index in [0.29, 0.717) is 12.1 Å². The number of benzene rings is 1. The molecule has 0 atom stereocenters. The van der Waals surface area contributed by atoms with Crippen LogP contribution in [-0.4, -0.2) is 25.7 Å². The first-order chi connectivity index (χ1) is 12.2. The summed E-state index contributed by atoms with van der Waals surface area (Å²) in [4.78, 5) is 20.0. The molecule has 0 aliphatic rings. The number of carbonyl (C=O) groups is 1. The van der Waals surface area contributed by atoms with E-state index < -0.39 is 0 Å². The van der Waals surface area contributed by atoms with Gasteiger partial charge in [0.25, 0.3) is 5.91 Å². The second-order valence-corrected chi connectivity index (χ2v) is 5.88. The van der Waals surface area contributed by atoms with Gasteiger partial charge in [-0.2, -0.15) is 5.10 Å². The number of amides is 1. The van der Waals surface area contributed by atoms with Crippen molar-refractivity contribution in [2.75, 3.05) is 0 Å². The van der Waals surface area contributed by atoms with E-state index in [2.05, 4.69) is 20.4 Å². The van der Waals surface area contributed by atoms with E-state index in [1.807, 2.05) is 49.6 Å². The number of pyridine rings is 1. The Labute approximate surface area is 144 Å². The molecule has 6 nitrogen and oxygen atoms in total. The fourth-order valence-electron chi connectivity index (χ4n) is 2.79. The molecule has 1 aromatic carbocycles. The fourth-order valence-corrected chi connectivity index (χ4v) is 2.79. The Morgan fingerprint density at radius 2 is 2.08 bits per heavy atom. The third-order valence-electron chi connectivity index (χ3n) is 4.11. The van der Waals surface area contributed by atoms with Crippen LogP contribution in [0.1, 0.15) is 15.9 Å². The zero-order chi connectivity index (χ0) is 17.2. The maximum absolute atomic E-state index is 12.4. The van der Waals surface area contributed by atoms with Crippen LogP contribution in [0.3, 0.4) is 0 Å². The molecule has 2 N–H and O–H groups in total. The summed E-state index contributed by atoms with van der Waals surface area (Å²) in [6.07, 6.45) is 7.21. The molecule has 0 spiro atoms. The van der Waals surface area contributed by atoms with Gasteiger partial charge in [-0.05, 0) is 17.7 Å². The Bertz CT molecular complexity index is 1030. The molecule has 25 heavy (non-hydrogen) atoms. The zero-order valence-corrected chi connectivity index (χ0v) is 13.7. The molecule has 3 aromatic heterocycles. The van der Waals surface area contributed by atoms with Crippen molar-refractivity contribution in [1.29, 1.82) is 0 Å². The van der Waals surface area contributed by atoms with Crippen molar-refractivity contribution in [3.63, 3.8) is 0 Å². The highest BCUT2D eigenvalue weighted by Gasteiger charge is 2.11. The number of aryl methyl sites for hydroxylation is 1. The predicted octanol–water partition coefficient (Wildman–Crippen LogP) is 2.89. The molecule has 0 saturated heterocycles. The van der Waals surface area contributed by atoms with Crippen molar-refractivity contribution in [3.8, 4) is 11.3 Å². The SMILES string of the molecule is Cn1cc(-c2ccc(CNC(=O)c3c[nH]c4ccccc34)cn2)cn1. The van der Waals surface area contributed by atoms with Crippen molar-refractivity contribution in [3.05, 3.63) is 72.3 Å². The quantitative estimate of drug-likeness (QED) is 0.604. The van der Waals surface area contributed by atoms with Crippen LogP contribution in [-0.2, 0) is 13.6 Å². The van der Waals surface area contributed by atoms with E-state index >= 15 is 0 Å². The lowest BCUT2D eigenvalue weighted by Gasteiger charge is -2.05. The number of aromatic amines is 1. The van der Waals surface area contributed by atoms with Gasteiger partial charge in [-0.1, -0.05) is 24.3 Å². The average molecular weight is 331 g/mol. The number of fused-ring (bicyclic) bond motifs is 1. The molecule has 0 radical (unpaired) electrons. The third kappa shape index (κ3) is 3.01. The van der Waals surface area contributed by atoms with Crippen LogP contribution < -0.4 is 5.32 Å². The molecule has 0 bridgehead atoms. The van der Waals surface area contributed by atoms with Gasteiger partial charge in [0, 0.05) is 48.6 Å². The highest BCUT2D eigenvalue weighted by Crippen LogP contribution is 2.18. The number of nitrogens with one attached hydrogen (secondary N) is 2. The first-order valence-electron chi connectivity index (χ1n) is 7.99. The molecule has 3 heterocycles. The second kappa shape index (κ2) is 6.24. The van der Waals surface area contributed by atoms with Gasteiger partial charge in [0.2, 0.25) is 0 Å². The number of nitrogens with zero attached hydrogens (tertiary/aromatic N) is 3. The number of aromatic nitrogens is 4. The van der Waals surface area contributed by atoms with E-state index in [4.69, 9.17) is 0 Å². The van der Waals surface area contributed by atoms with Crippen LogP contribution in [0.25, 0.3) is 22.2 Å².